The summed E-state index contributed by atoms with van der Waals surface area (Å²) < 4.78 is 41.4. The van der Waals surface area contributed by atoms with E-state index < -0.39 is 11.9 Å². The number of nitrogens with one attached hydrogen (secondary N) is 2. The Balaban J connectivity index is 1.20. The SMILES string of the molecule is O=C(N[C@H]1CC[C@@H](CNc2cc(C(F)(F)F)nc3ccc(Cl)cc23)CC1)c1ccc2nc(Cl)sc2c1. The fourth-order valence-corrected chi connectivity index (χ4v) is 5.80. The van der Waals surface area contributed by atoms with Gasteiger partial charge in [0, 0.05) is 34.2 Å². The van der Waals surface area contributed by atoms with Gasteiger partial charge in [0.25, 0.3) is 5.91 Å². The lowest BCUT2D eigenvalue weighted by atomic mass is 9.85. The van der Waals surface area contributed by atoms with E-state index in [1.54, 1.807) is 24.3 Å². The maximum atomic E-state index is 13.4. The fourth-order valence-electron chi connectivity index (χ4n) is 4.56. The molecule has 0 aliphatic heterocycles. The number of carbonyl (C=O) groups excluding carboxylic acids is 1. The van der Waals surface area contributed by atoms with Crippen molar-refractivity contribution in [3.63, 3.8) is 0 Å². The molecular weight excluding hydrogens is 532 g/mol. The summed E-state index contributed by atoms with van der Waals surface area (Å²) in [5, 5.41) is 7.28. The third kappa shape index (κ3) is 5.53. The molecule has 0 atom stereocenters. The number of fused-ring (bicyclic) bond motifs is 2. The molecule has 2 heterocycles. The van der Waals surface area contributed by atoms with Gasteiger partial charge in [-0.15, -0.1) is 11.3 Å². The van der Waals surface area contributed by atoms with Crippen LogP contribution >= 0.6 is 34.5 Å². The van der Waals surface area contributed by atoms with Crippen LogP contribution in [0.25, 0.3) is 21.1 Å². The van der Waals surface area contributed by atoms with Crippen molar-refractivity contribution in [2.45, 2.75) is 37.9 Å². The van der Waals surface area contributed by atoms with Crippen LogP contribution in [-0.4, -0.2) is 28.5 Å². The lowest BCUT2D eigenvalue weighted by Gasteiger charge is -2.29. The Labute approximate surface area is 219 Å². The lowest BCUT2D eigenvalue weighted by molar-refractivity contribution is -0.140. The highest BCUT2D eigenvalue weighted by Crippen LogP contribution is 2.35. The van der Waals surface area contributed by atoms with Crippen LogP contribution in [-0.2, 0) is 6.18 Å². The molecule has 1 fully saturated rings. The minimum atomic E-state index is -4.54. The van der Waals surface area contributed by atoms with Gasteiger partial charge < -0.3 is 10.6 Å². The van der Waals surface area contributed by atoms with E-state index >= 15 is 0 Å². The van der Waals surface area contributed by atoms with Gasteiger partial charge >= 0.3 is 6.18 Å². The summed E-state index contributed by atoms with van der Waals surface area (Å²) in [6.45, 7) is 0.520. The van der Waals surface area contributed by atoms with Gasteiger partial charge in [0.05, 0.1) is 15.7 Å². The number of pyridine rings is 1. The molecule has 1 amide bonds. The van der Waals surface area contributed by atoms with Crippen molar-refractivity contribution in [1.82, 2.24) is 15.3 Å². The normalized spacial score (nSPS) is 18.5. The predicted molar refractivity (Wildman–Crippen MR) is 138 cm³/mol. The summed E-state index contributed by atoms with van der Waals surface area (Å²) in [6, 6.07) is 11.1. The van der Waals surface area contributed by atoms with E-state index in [4.69, 9.17) is 23.2 Å². The first kappa shape index (κ1) is 25.0. The fraction of sp³-hybridized carbons (Fsp3) is 0.320. The summed E-state index contributed by atoms with van der Waals surface area (Å²) in [5.74, 6) is 0.133. The molecule has 2 aromatic carbocycles. The number of anilines is 1. The van der Waals surface area contributed by atoms with Crippen LogP contribution in [0, 0.1) is 5.92 Å². The second-order valence-electron chi connectivity index (χ2n) is 8.94. The number of halogens is 5. The summed E-state index contributed by atoms with van der Waals surface area (Å²) in [6.07, 6.45) is -1.27. The van der Waals surface area contributed by atoms with Gasteiger partial charge in [0.2, 0.25) is 0 Å². The van der Waals surface area contributed by atoms with E-state index in [1.165, 1.54) is 23.5 Å². The number of benzene rings is 2. The number of alkyl halides is 3. The van der Waals surface area contributed by atoms with Gasteiger partial charge in [-0.1, -0.05) is 23.2 Å². The third-order valence-electron chi connectivity index (χ3n) is 6.45. The van der Waals surface area contributed by atoms with Gasteiger partial charge in [-0.2, -0.15) is 13.2 Å². The Kier molecular flexibility index (Phi) is 6.98. The van der Waals surface area contributed by atoms with Crippen LogP contribution < -0.4 is 10.6 Å². The third-order valence-corrected chi connectivity index (χ3v) is 7.81. The number of rotatable bonds is 5. The monoisotopic (exact) mass is 552 g/mol. The Bertz CT molecular complexity index is 1430. The molecule has 0 saturated heterocycles. The standard InChI is InChI=1S/C25H21Cl2F3N4OS/c26-15-4-8-18-17(10-15)20(11-22(33-18)25(28,29)30)31-12-13-1-5-16(6-2-13)32-23(35)14-3-7-19-21(9-14)36-24(27)34-19/h3-4,7-11,13,16H,1-2,5-6,12H2,(H,31,33)(H,32,35)/t13-,16+. The Hall–Kier alpha value is -2.62. The zero-order chi connectivity index (χ0) is 25.4. The Morgan fingerprint density at radius 2 is 1.75 bits per heavy atom. The minimum absolute atomic E-state index is 0.0480. The average Bonchev–Trinajstić information content (AvgIpc) is 3.22. The van der Waals surface area contributed by atoms with Gasteiger partial charge in [-0.05, 0) is 74.1 Å². The molecule has 0 radical (unpaired) electrons. The van der Waals surface area contributed by atoms with Crippen LogP contribution in [0.15, 0.2) is 42.5 Å². The molecule has 36 heavy (non-hydrogen) atoms. The van der Waals surface area contributed by atoms with Crippen molar-refractivity contribution in [3.8, 4) is 0 Å². The second kappa shape index (κ2) is 10.0. The van der Waals surface area contributed by atoms with Crippen LogP contribution in [0.2, 0.25) is 9.49 Å². The lowest BCUT2D eigenvalue weighted by Crippen LogP contribution is -2.38. The molecule has 5 nitrogen and oxygen atoms in total. The molecule has 1 aliphatic carbocycles. The number of nitrogens with zero attached hydrogens (tertiary/aromatic N) is 2. The topological polar surface area (TPSA) is 66.9 Å². The average molecular weight is 553 g/mol. The van der Waals surface area contributed by atoms with Gasteiger partial charge in [0.1, 0.15) is 5.69 Å². The Morgan fingerprint density at radius 1 is 1.00 bits per heavy atom. The molecule has 5 rings (SSSR count). The number of hydrogen-bond acceptors (Lipinski definition) is 5. The first-order chi connectivity index (χ1) is 17.2. The maximum Gasteiger partial charge on any atom is 0.433 e. The van der Waals surface area contributed by atoms with Crippen molar-refractivity contribution in [3.05, 3.63) is 63.2 Å². The molecule has 4 aromatic rings. The quantitative estimate of drug-likeness (QED) is 0.268. The van der Waals surface area contributed by atoms with Crippen molar-refractivity contribution >= 4 is 67.3 Å². The predicted octanol–water partition coefficient (Wildman–Crippen LogP) is 7.57. The van der Waals surface area contributed by atoms with Gasteiger partial charge in [0.15, 0.2) is 4.47 Å². The molecular formula is C25H21Cl2F3N4OS. The summed E-state index contributed by atoms with van der Waals surface area (Å²) in [4.78, 5) is 20.7. The molecule has 2 aromatic heterocycles. The molecule has 188 valence electrons. The molecule has 0 unspecified atom stereocenters. The molecule has 2 N–H and O–H groups in total. The van der Waals surface area contributed by atoms with E-state index in [1.807, 2.05) is 0 Å². The Morgan fingerprint density at radius 3 is 2.50 bits per heavy atom. The first-order valence-corrected chi connectivity index (χ1v) is 13.0. The van der Waals surface area contributed by atoms with E-state index in [9.17, 15) is 18.0 Å². The second-order valence-corrected chi connectivity index (χ2v) is 11.0. The smallest absolute Gasteiger partial charge is 0.384 e. The molecule has 11 heteroatoms. The minimum Gasteiger partial charge on any atom is -0.384 e. The summed E-state index contributed by atoms with van der Waals surface area (Å²) in [7, 11) is 0. The highest BCUT2D eigenvalue weighted by atomic mass is 35.5. The first-order valence-electron chi connectivity index (χ1n) is 11.4. The van der Waals surface area contributed by atoms with Gasteiger partial charge in [-0.25, -0.2) is 9.97 Å². The largest absolute Gasteiger partial charge is 0.433 e. The number of carbonyl (C=O) groups is 1. The summed E-state index contributed by atoms with van der Waals surface area (Å²) >= 11 is 13.4. The van der Waals surface area contributed by atoms with Crippen LogP contribution in [0.4, 0.5) is 18.9 Å². The van der Waals surface area contributed by atoms with Crippen molar-refractivity contribution < 1.29 is 18.0 Å². The van der Waals surface area contributed by atoms with E-state index in [0.29, 0.717) is 32.7 Å². The molecule has 0 spiro atoms. The molecule has 1 aliphatic rings. The number of thiazole rings is 1. The van der Waals surface area contributed by atoms with Crippen molar-refractivity contribution in [2.75, 3.05) is 11.9 Å². The van der Waals surface area contributed by atoms with E-state index in [-0.39, 0.29) is 23.4 Å². The van der Waals surface area contributed by atoms with Gasteiger partial charge in [-0.3, -0.25) is 4.79 Å². The molecule has 1 saturated carbocycles. The number of hydrogen-bond donors (Lipinski definition) is 2. The van der Waals surface area contributed by atoms with Crippen molar-refractivity contribution in [1.29, 1.82) is 0 Å². The van der Waals surface area contributed by atoms with Crippen LogP contribution in [0.5, 0.6) is 0 Å². The van der Waals surface area contributed by atoms with Crippen molar-refractivity contribution in [2.24, 2.45) is 5.92 Å². The maximum absolute atomic E-state index is 13.4. The zero-order valence-corrected chi connectivity index (χ0v) is 21.2. The van der Waals surface area contributed by atoms with Crippen LogP contribution in [0.3, 0.4) is 0 Å². The van der Waals surface area contributed by atoms with Crippen LogP contribution in [0.1, 0.15) is 41.7 Å². The number of amides is 1. The van der Waals surface area contributed by atoms with E-state index in [2.05, 4.69) is 20.6 Å². The molecule has 0 bridgehead atoms. The highest BCUT2D eigenvalue weighted by molar-refractivity contribution is 7.22. The highest BCUT2D eigenvalue weighted by Gasteiger charge is 2.33. The van der Waals surface area contributed by atoms with E-state index in [0.717, 1.165) is 42.0 Å². The number of aromatic nitrogens is 2. The zero-order valence-electron chi connectivity index (χ0n) is 18.8. The summed E-state index contributed by atoms with van der Waals surface area (Å²) in [5.41, 5.74) is 0.993.